The smallest absolute Gasteiger partial charge is 0.416 e. The molecule has 0 saturated carbocycles. The molecule has 3 N–H and O–H groups in total. The number of halogens is 3. The summed E-state index contributed by atoms with van der Waals surface area (Å²) in [7, 11) is 0. The Kier molecular flexibility index (Phi) is 8.28. The highest BCUT2D eigenvalue weighted by Gasteiger charge is 2.33. The molecule has 1 atom stereocenters. The van der Waals surface area contributed by atoms with Crippen molar-refractivity contribution in [2.75, 3.05) is 44.2 Å². The van der Waals surface area contributed by atoms with Crippen LogP contribution in [0.15, 0.2) is 24.3 Å². The number of aliphatic hydroxyl groups is 1. The summed E-state index contributed by atoms with van der Waals surface area (Å²) in [4.78, 5) is 43.1. The van der Waals surface area contributed by atoms with Gasteiger partial charge in [0.15, 0.2) is 6.10 Å². The quantitative estimate of drug-likeness (QED) is 0.493. The van der Waals surface area contributed by atoms with Crippen LogP contribution in [0.4, 0.5) is 18.9 Å². The molecular weight excluding hydrogens is 481 g/mol. The van der Waals surface area contributed by atoms with Crippen molar-refractivity contribution in [2.45, 2.75) is 33.1 Å². The standard InChI is InChI=1S/C24H29F3N4O5/c1-4-36-18(32)13-28-22(34)20-14(2)19(15(3)29-20)21(33)23(35)31-10-8-30(9-11-31)17-7-5-6-16(12-17)24(25,26)27/h5-7,12,21,29,33H,4,8-11,13H2,1-3H3,(H,28,34). The summed E-state index contributed by atoms with van der Waals surface area (Å²) in [6, 6.07) is 5.01. The van der Waals surface area contributed by atoms with E-state index in [9.17, 15) is 32.7 Å². The summed E-state index contributed by atoms with van der Waals surface area (Å²) in [5.74, 6) is -1.74. The lowest BCUT2D eigenvalue weighted by molar-refractivity contribution is -0.142. The molecule has 1 aromatic heterocycles. The van der Waals surface area contributed by atoms with E-state index in [1.807, 2.05) is 0 Å². The number of piperazine rings is 1. The number of rotatable bonds is 7. The Balaban J connectivity index is 1.65. The number of anilines is 1. The van der Waals surface area contributed by atoms with Crippen molar-refractivity contribution in [1.29, 1.82) is 0 Å². The van der Waals surface area contributed by atoms with Gasteiger partial charge < -0.3 is 29.9 Å². The molecule has 3 rings (SSSR count). The third-order valence-electron chi connectivity index (χ3n) is 6.06. The van der Waals surface area contributed by atoms with Crippen LogP contribution in [0.25, 0.3) is 0 Å². The normalized spacial score (nSPS) is 15.0. The maximum Gasteiger partial charge on any atom is 0.416 e. The first-order chi connectivity index (χ1) is 16.9. The highest BCUT2D eigenvalue weighted by Crippen LogP contribution is 2.32. The van der Waals surface area contributed by atoms with Crippen molar-refractivity contribution in [1.82, 2.24) is 15.2 Å². The molecular formula is C24H29F3N4O5. The van der Waals surface area contributed by atoms with E-state index < -0.39 is 35.6 Å². The number of aliphatic hydroxyl groups excluding tert-OH is 1. The van der Waals surface area contributed by atoms with Crippen LogP contribution < -0.4 is 10.2 Å². The zero-order valence-electron chi connectivity index (χ0n) is 20.2. The van der Waals surface area contributed by atoms with Gasteiger partial charge in [0.05, 0.1) is 12.2 Å². The molecule has 2 heterocycles. The highest BCUT2D eigenvalue weighted by atomic mass is 19.4. The van der Waals surface area contributed by atoms with E-state index in [0.717, 1.165) is 12.1 Å². The SMILES string of the molecule is CCOC(=O)CNC(=O)c1[nH]c(C)c(C(O)C(=O)N2CCN(c3cccc(C(F)(F)F)c3)CC2)c1C. The molecule has 196 valence electrons. The number of nitrogens with zero attached hydrogens (tertiary/aromatic N) is 2. The van der Waals surface area contributed by atoms with Gasteiger partial charge in [0.1, 0.15) is 12.2 Å². The Morgan fingerprint density at radius 3 is 2.44 bits per heavy atom. The number of hydrogen-bond donors (Lipinski definition) is 3. The zero-order valence-corrected chi connectivity index (χ0v) is 20.2. The molecule has 1 aromatic carbocycles. The van der Waals surface area contributed by atoms with Gasteiger partial charge in [0.2, 0.25) is 0 Å². The van der Waals surface area contributed by atoms with Gasteiger partial charge >= 0.3 is 12.1 Å². The van der Waals surface area contributed by atoms with E-state index in [1.54, 1.807) is 31.7 Å². The first kappa shape index (κ1) is 27.1. The fourth-order valence-corrected chi connectivity index (χ4v) is 4.21. The molecule has 0 radical (unpaired) electrons. The number of aryl methyl sites for hydroxylation is 1. The van der Waals surface area contributed by atoms with Gasteiger partial charge in [-0.3, -0.25) is 14.4 Å². The van der Waals surface area contributed by atoms with Gasteiger partial charge in [0.25, 0.3) is 11.8 Å². The van der Waals surface area contributed by atoms with Crippen molar-refractivity contribution < 1.29 is 37.4 Å². The zero-order chi connectivity index (χ0) is 26.6. The third kappa shape index (κ3) is 5.99. The van der Waals surface area contributed by atoms with Gasteiger partial charge in [-0.2, -0.15) is 13.2 Å². The number of nitrogens with one attached hydrogen (secondary N) is 2. The van der Waals surface area contributed by atoms with E-state index in [2.05, 4.69) is 10.3 Å². The van der Waals surface area contributed by atoms with Crippen molar-refractivity contribution in [3.8, 4) is 0 Å². The number of ether oxygens (including phenoxy) is 1. The van der Waals surface area contributed by atoms with Gasteiger partial charge in [-0.1, -0.05) is 6.07 Å². The predicted octanol–water partition coefficient (Wildman–Crippen LogP) is 2.33. The van der Waals surface area contributed by atoms with E-state index >= 15 is 0 Å². The van der Waals surface area contributed by atoms with Crippen LogP contribution in [0.2, 0.25) is 0 Å². The Morgan fingerprint density at radius 1 is 1.17 bits per heavy atom. The molecule has 36 heavy (non-hydrogen) atoms. The first-order valence-corrected chi connectivity index (χ1v) is 11.5. The topological polar surface area (TPSA) is 115 Å². The summed E-state index contributed by atoms with van der Waals surface area (Å²) in [6.07, 6.45) is -5.98. The van der Waals surface area contributed by atoms with Crippen molar-refractivity contribution in [3.63, 3.8) is 0 Å². The van der Waals surface area contributed by atoms with Crippen LogP contribution in [-0.4, -0.2) is 72.1 Å². The van der Waals surface area contributed by atoms with Gasteiger partial charge in [0, 0.05) is 43.1 Å². The largest absolute Gasteiger partial charge is 0.465 e. The second kappa shape index (κ2) is 11.0. The number of carbonyl (C=O) groups is 3. The summed E-state index contributed by atoms with van der Waals surface area (Å²) in [5, 5.41) is 13.3. The van der Waals surface area contributed by atoms with Crippen LogP contribution in [0, 0.1) is 13.8 Å². The van der Waals surface area contributed by atoms with Crippen LogP contribution in [0.1, 0.15) is 45.9 Å². The maximum absolute atomic E-state index is 13.0. The number of amides is 2. The van der Waals surface area contributed by atoms with Crippen molar-refractivity contribution in [2.24, 2.45) is 0 Å². The number of aromatic nitrogens is 1. The summed E-state index contributed by atoms with van der Waals surface area (Å²) >= 11 is 0. The van der Waals surface area contributed by atoms with Crippen LogP contribution in [0.5, 0.6) is 0 Å². The Labute approximate surface area is 206 Å². The summed E-state index contributed by atoms with van der Waals surface area (Å²) in [5.41, 5.74) is 0.854. The molecule has 1 fully saturated rings. The molecule has 1 aliphatic heterocycles. The first-order valence-electron chi connectivity index (χ1n) is 11.5. The molecule has 1 saturated heterocycles. The number of benzene rings is 1. The predicted molar refractivity (Wildman–Crippen MR) is 124 cm³/mol. The Hall–Kier alpha value is -3.54. The van der Waals surface area contributed by atoms with E-state index in [0.29, 0.717) is 30.0 Å². The minimum absolute atomic E-state index is 0.119. The Bertz CT molecular complexity index is 1120. The fraction of sp³-hybridized carbons (Fsp3) is 0.458. The lowest BCUT2D eigenvalue weighted by atomic mass is 10.0. The highest BCUT2D eigenvalue weighted by molar-refractivity contribution is 5.97. The lowest BCUT2D eigenvalue weighted by Gasteiger charge is -2.37. The number of hydrogen-bond acceptors (Lipinski definition) is 6. The molecule has 0 spiro atoms. The molecule has 0 bridgehead atoms. The van der Waals surface area contributed by atoms with Gasteiger partial charge in [-0.25, -0.2) is 0 Å². The molecule has 0 aliphatic carbocycles. The molecule has 12 heteroatoms. The minimum atomic E-state index is -4.45. The molecule has 1 aliphatic rings. The minimum Gasteiger partial charge on any atom is -0.465 e. The molecule has 2 amide bonds. The Morgan fingerprint density at radius 2 is 1.83 bits per heavy atom. The van der Waals surface area contributed by atoms with Gasteiger partial charge in [-0.05, 0) is 44.5 Å². The fourth-order valence-electron chi connectivity index (χ4n) is 4.21. The maximum atomic E-state index is 13.0. The number of alkyl halides is 3. The second-order valence-electron chi connectivity index (χ2n) is 8.41. The lowest BCUT2D eigenvalue weighted by Crippen LogP contribution is -2.50. The van der Waals surface area contributed by atoms with E-state index in [4.69, 9.17) is 4.74 Å². The van der Waals surface area contributed by atoms with E-state index in [1.165, 1.54) is 11.0 Å². The molecule has 1 unspecified atom stereocenters. The van der Waals surface area contributed by atoms with Crippen LogP contribution in [-0.2, 0) is 20.5 Å². The second-order valence-corrected chi connectivity index (χ2v) is 8.41. The number of H-pyrrole nitrogens is 1. The van der Waals surface area contributed by atoms with E-state index in [-0.39, 0.29) is 37.5 Å². The molecule has 9 nitrogen and oxygen atoms in total. The average Bonchev–Trinajstić information content (AvgIpc) is 3.15. The number of carbonyl (C=O) groups excluding carboxylic acids is 3. The van der Waals surface area contributed by atoms with Gasteiger partial charge in [-0.15, -0.1) is 0 Å². The van der Waals surface area contributed by atoms with Crippen LogP contribution in [0.3, 0.4) is 0 Å². The molecule has 2 aromatic rings. The monoisotopic (exact) mass is 510 g/mol. The van der Waals surface area contributed by atoms with Crippen LogP contribution >= 0.6 is 0 Å². The number of esters is 1. The van der Waals surface area contributed by atoms with Crippen molar-refractivity contribution in [3.05, 3.63) is 52.3 Å². The number of aromatic amines is 1. The summed E-state index contributed by atoms with van der Waals surface area (Å²) in [6.45, 7) is 5.72. The average molecular weight is 511 g/mol. The van der Waals surface area contributed by atoms with Crippen molar-refractivity contribution >= 4 is 23.5 Å². The summed E-state index contributed by atoms with van der Waals surface area (Å²) < 4.78 is 43.9. The third-order valence-corrected chi connectivity index (χ3v) is 6.06.